The van der Waals surface area contributed by atoms with Crippen LogP contribution in [0.5, 0.6) is 0 Å². The molecule has 4 amide bonds. The van der Waals surface area contributed by atoms with Crippen LogP contribution in [-0.2, 0) is 4.79 Å². The second kappa shape index (κ2) is 5.00. The summed E-state index contributed by atoms with van der Waals surface area (Å²) in [5, 5.41) is 5.17. The molecule has 2 aliphatic heterocycles. The number of piperidine rings is 1. The summed E-state index contributed by atoms with van der Waals surface area (Å²) in [6.07, 6.45) is 2.56. The Labute approximate surface area is 125 Å². The molecule has 0 aliphatic carbocycles. The molecule has 110 valence electrons. The average molecular weight is 309 g/mol. The highest BCUT2D eigenvalue weighted by Gasteiger charge is 2.49. The van der Waals surface area contributed by atoms with Gasteiger partial charge in [0.15, 0.2) is 0 Å². The third kappa shape index (κ3) is 2.44. The molecule has 0 bridgehead atoms. The number of hydrogen-bond acceptors (Lipinski definition) is 4. The van der Waals surface area contributed by atoms with Crippen LogP contribution in [-0.4, -0.2) is 46.4 Å². The van der Waals surface area contributed by atoms with Crippen molar-refractivity contribution < 1.29 is 14.4 Å². The Morgan fingerprint density at radius 1 is 1.38 bits per heavy atom. The normalized spacial score (nSPS) is 24.9. The van der Waals surface area contributed by atoms with E-state index in [1.54, 1.807) is 17.0 Å². The number of halogens is 1. The second-order valence-electron chi connectivity index (χ2n) is 5.19. The fourth-order valence-corrected chi connectivity index (χ4v) is 2.84. The van der Waals surface area contributed by atoms with E-state index in [1.807, 2.05) is 0 Å². The molecular formula is C13H13ClN4O3. The maximum Gasteiger partial charge on any atom is 0.322 e. The maximum atomic E-state index is 12.4. The molecule has 2 aliphatic rings. The fraction of sp³-hybridized carbons (Fsp3) is 0.385. The zero-order valence-corrected chi connectivity index (χ0v) is 11.8. The van der Waals surface area contributed by atoms with Gasteiger partial charge in [0.25, 0.3) is 11.8 Å². The van der Waals surface area contributed by atoms with Crippen LogP contribution in [0.2, 0.25) is 5.15 Å². The number of amides is 4. The van der Waals surface area contributed by atoms with E-state index in [0.717, 1.165) is 0 Å². The molecule has 0 aromatic carbocycles. The van der Waals surface area contributed by atoms with Crippen molar-refractivity contribution in [2.24, 2.45) is 0 Å². The van der Waals surface area contributed by atoms with Crippen molar-refractivity contribution in [3.8, 4) is 0 Å². The first-order valence-corrected chi connectivity index (χ1v) is 6.92. The lowest BCUT2D eigenvalue weighted by Gasteiger charge is -2.38. The summed E-state index contributed by atoms with van der Waals surface area (Å²) < 4.78 is 0. The number of likely N-dealkylation sites (tertiary alicyclic amines) is 1. The molecule has 1 aromatic heterocycles. The minimum atomic E-state index is -1.01. The van der Waals surface area contributed by atoms with E-state index < -0.39 is 11.6 Å². The first kappa shape index (κ1) is 13.8. The number of carbonyl (C=O) groups excluding carboxylic acids is 3. The highest BCUT2D eigenvalue weighted by Crippen LogP contribution is 2.25. The third-order valence-electron chi connectivity index (χ3n) is 3.77. The van der Waals surface area contributed by atoms with E-state index in [-0.39, 0.29) is 18.4 Å². The second-order valence-corrected chi connectivity index (χ2v) is 5.58. The van der Waals surface area contributed by atoms with E-state index in [2.05, 4.69) is 15.6 Å². The number of pyridine rings is 1. The van der Waals surface area contributed by atoms with E-state index in [0.29, 0.717) is 30.1 Å². The van der Waals surface area contributed by atoms with Crippen LogP contribution in [0.25, 0.3) is 0 Å². The molecular weight excluding hydrogens is 296 g/mol. The van der Waals surface area contributed by atoms with Crippen LogP contribution in [0.4, 0.5) is 4.79 Å². The van der Waals surface area contributed by atoms with Crippen LogP contribution < -0.4 is 10.6 Å². The molecule has 21 heavy (non-hydrogen) atoms. The Morgan fingerprint density at radius 2 is 2.19 bits per heavy atom. The van der Waals surface area contributed by atoms with E-state index in [4.69, 9.17) is 11.6 Å². The number of urea groups is 1. The van der Waals surface area contributed by atoms with Crippen molar-refractivity contribution in [2.45, 2.75) is 18.4 Å². The van der Waals surface area contributed by atoms with Gasteiger partial charge in [-0.15, -0.1) is 0 Å². The van der Waals surface area contributed by atoms with Gasteiger partial charge in [-0.1, -0.05) is 11.6 Å². The van der Waals surface area contributed by atoms with Crippen molar-refractivity contribution in [1.29, 1.82) is 0 Å². The Hall–Kier alpha value is -2.15. The van der Waals surface area contributed by atoms with Crippen molar-refractivity contribution in [3.05, 3.63) is 29.0 Å². The molecule has 8 heteroatoms. The highest BCUT2D eigenvalue weighted by atomic mass is 35.5. The molecule has 2 saturated heterocycles. The minimum Gasteiger partial charge on any atom is -0.336 e. The summed E-state index contributed by atoms with van der Waals surface area (Å²) in [6, 6.07) is 2.62. The molecule has 2 fully saturated rings. The number of aromatic nitrogens is 1. The molecule has 3 heterocycles. The van der Waals surface area contributed by atoms with Gasteiger partial charge in [-0.2, -0.15) is 0 Å². The van der Waals surface area contributed by atoms with Gasteiger partial charge < -0.3 is 10.2 Å². The minimum absolute atomic E-state index is 0.159. The number of nitrogens with one attached hydrogen (secondary N) is 2. The summed E-state index contributed by atoms with van der Waals surface area (Å²) in [4.78, 5) is 41.2. The predicted octanol–water partition coefficient (Wildman–Crippen LogP) is 0.549. The number of carbonyl (C=O) groups is 3. The molecule has 0 saturated carbocycles. The van der Waals surface area contributed by atoms with Gasteiger partial charge in [0, 0.05) is 12.7 Å². The van der Waals surface area contributed by atoms with E-state index in [9.17, 15) is 14.4 Å². The SMILES string of the molecule is O=C1NC(=O)C2(CCCN(C(=O)c3ccc(Cl)nc3)C2)N1. The molecule has 7 nitrogen and oxygen atoms in total. The zero-order chi connectivity index (χ0) is 15.0. The highest BCUT2D eigenvalue weighted by molar-refractivity contribution is 6.29. The zero-order valence-electron chi connectivity index (χ0n) is 11.1. The van der Waals surface area contributed by atoms with Crippen LogP contribution in [0.1, 0.15) is 23.2 Å². The number of imide groups is 1. The van der Waals surface area contributed by atoms with Crippen molar-refractivity contribution >= 4 is 29.4 Å². The summed E-state index contributed by atoms with van der Waals surface area (Å²) in [7, 11) is 0. The molecule has 2 N–H and O–H groups in total. The van der Waals surface area contributed by atoms with Crippen LogP contribution in [0.15, 0.2) is 18.3 Å². The van der Waals surface area contributed by atoms with Gasteiger partial charge in [0.05, 0.1) is 12.1 Å². The van der Waals surface area contributed by atoms with Gasteiger partial charge in [-0.3, -0.25) is 14.9 Å². The Bertz CT molecular complexity index is 618. The van der Waals surface area contributed by atoms with Gasteiger partial charge >= 0.3 is 6.03 Å². The summed E-state index contributed by atoms with van der Waals surface area (Å²) in [5.41, 5.74) is -0.605. The largest absolute Gasteiger partial charge is 0.336 e. The van der Waals surface area contributed by atoms with Crippen molar-refractivity contribution in [2.75, 3.05) is 13.1 Å². The monoisotopic (exact) mass is 308 g/mol. The van der Waals surface area contributed by atoms with Gasteiger partial charge in [0.1, 0.15) is 10.7 Å². The molecule has 1 spiro atoms. The lowest BCUT2D eigenvalue weighted by molar-refractivity contribution is -0.125. The summed E-state index contributed by atoms with van der Waals surface area (Å²) in [6.45, 7) is 0.693. The van der Waals surface area contributed by atoms with Gasteiger partial charge in [-0.05, 0) is 25.0 Å². The molecule has 1 unspecified atom stereocenters. The lowest BCUT2D eigenvalue weighted by atomic mass is 9.89. The molecule has 1 atom stereocenters. The standard InChI is InChI=1S/C13H13ClN4O3/c14-9-3-2-8(6-15-9)10(19)18-5-1-4-13(7-18)11(20)16-12(21)17-13/h2-3,6H,1,4-5,7H2,(H2,16,17,20,21). The molecule has 3 rings (SSSR count). The fourth-order valence-electron chi connectivity index (χ4n) is 2.73. The lowest BCUT2D eigenvalue weighted by Crippen LogP contribution is -2.59. The van der Waals surface area contributed by atoms with E-state index in [1.165, 1.54) is 6.20 Å². The summed E-state index contributed by atoms with van der Waals surface area (Å²) >= 11 is 5.70. The topological polar surface area (TPSA) is 91.4 Å². The Morgan fingerprint density at radius 3 is 2.81 bits per heavy atom. The third-order valence-corrected chi connectivity index (χ3v) is 3.99. The van der Waals surface area contributed by atoms with E-state index >= 15 is 0 Å². The van der Waals surface area contributed by atoms with Crippen molar-refractivity contribution in [1.82, 2.24) is 20.5 Å². The number of hydrogen-bond donors (Lipinski definition) is 2. The Kier molecular flexibility index (Phi) is 3.29. The number of nitrogens with zero attached hydrogens (tertiary/aromatic N) is 2. The first-order chi connectivity index (χ1) is 10.00. The smallest absolute Gasteiger partial charge is 0.322 e. The average Bonchev–Trinajstić information content (AvgIpc) is 2.73. The van der Waals surface area contributed by atoms with Crippen LogP contribution in [0.3, 0.4) is 0 Å². The molecule has 1 aromatic rings. The maximum absolute atomic E-state index is 12.4. The van der Waals surface area contributed by atoms with Crippen molar-refractivity contribution in [3.63, 3.8) is 0 Å². The predicted molar refractivity (Wildman–Crippen MR) is 73.8 cm³/mol. The number of rotatable bonds is 1. The summed E-state index contributed by atoms with van der Waals surface area (Å²) in [5.74, 6) is -0.605. The molecule has 0 radical (unpaired) electrons. The van der Waals surface area contributed by atoms with Gasteiger partial charge in [0.2, 0.25) is 0 Å². The van der Waals surface area contributed by atoms with Crippen LogP contribution in [0, 0.1) is 0 Å². The van der Waals surface area contributed by atoms with Crippen LogP contribution >= 0.6 is 11.6 Å². The quantitative estimate of drug-likeness (QED) is 0.585. The Balaban J connectivity index is 1.80. The first-order valence-electron chi connectivity index (χ1n) is 6.55. The van der Waals surface area contributed by atoms with Gasteiger partial charge in [-0.25, -0.2) is 9.78 Å².